The molecular weight excluding hydrogens is 2000 g/mol. The first-order chi connectivity index (χ1) is 71.8. The topological polar surface area (TPSA) is 287 Å². The van der Waals surface area contributed by atoms with Gasteiger partial charge < -0.3 is 80.3 Å². The molecule has 8 heterocycles. The largest absolute Gasteiger partial charge is 0.417 e. The second-order valence-corrected chi connectivity index (χ2v) is 57.3. The molecule has 9 aromatic carbocycles. The van der Waals surface area contributed by atoms with Gasteiger partial charge in [0.1, 0.15) is 76.1 Å². The number of fused-ring (bicyclic) bond motifs is 5. The van der Waals surface area contributed by atoms with Crippen molar-refractivity contribution in [3.8, 4) is 0 Å². The number of ether oxygens (including phenoxy) is 1. The van der Waals surface area contributed by atoms with Crippen molar-refractivity contribution >= 4 is 203 Å². The van der Waals surface area contributed by atoms with E-state index in [0.29, 0.717) is 49.0 Å². The van der Waals surface area contributed by atoms with Gasteiger partial charge in [0.05, 0.1) is 57.9 Å². The Morgan fingerprint density at radius 1 is 0.440 bits per heavy atom. The first kappa shape index (κ1) is 110. The number of nitrogens with one attached hydrogen (secondary N) is 9. The van der Waals surface area contributed by atoms with Crippen molar-refractivity contribution in [2.24, 2.45) is 0 Å². The number of benzene rings is 9. The highest BCUT2D eigenvalue weighted by Gasteiger charge is 2.37. The monoisotopic (exact) mass is 2140 g/mol. The van der Waals surface area contributed by atoms with Crippen molar-refractivity contribution in [1.29, 1.82) is 0 Å². The number of nitrogens with zero attached hydrogens (tertiary/aromatic N) is 8. The van der Waals surface area contributed by atoms with Gasteiger partial charge >= 0.3 is 6.18 Å². The van der Waals surface area contributed by atoms with Gasteiger partial charge in [0, 0.05) is 198 Å². The zero-order valence-electron chi connectivity index (χ0n) is 87.8. The molecule has 0 atom stereocenters. The number of hydrogen-bond donors (Lipinski definition) is 9. The van der Waals surface area contributed by atoms with Crippen LogP contribution < -0.4 is 79.3 Å². The first-order valence-electron chi connectivity index (χ1n) is 51.4. The molecular formula is C117H136F4N17O6P5S. The molecule has 0 radical (unpaired) electrons. The fourth-order valence-corrected chi connectivity index (χ4v) is 24.8. The summed E-state index contributed by atoms with van der Waals surface area (Å²) < 4.78 is 122. The molecule has 2 saturated carbocycles. The van der Waals surface area contributed by atoms with Crippen LogP contribution in [0.4, 0.5) is 104 Å². The van der Waals surface area contributed by atoms with Gasteiger partial charge in [0.25, 0.3) is 0 Å². The predicted molar refractivity (Wildman–Crippen MR) is 626 cm³/mol. The van der Waals surface area contributed by atoms with Gasteiger partial charge in [0.2, 0.25) is 0 Å². The van der Waals surface area contributed by atoms with E-state index in [1.807, 2.05) is 179 Å². The smallest absolute Gasteiger partial charge is 0.382 e. The van der Waals surface area contributed by atoms with Gasteiger partial charge in [0.15, 0.2) is 0 Å². The van der Waals surface area contributed by atoms with Crippen LogP contribution in [0.5, 0.6) is 0 Å². The molecule has 0 amide bonds. The van der Waals surface area contributed by atoms with E-state index < -0.39 is 53.3 Å². The standard InChI is InChI=1S/C28H37N4OP.C23H24F4N3OP.C23H23N4OP.C22H26N3O2P.C21H26N3OPS/c1-6-32(7-2)19-21-11-13-23(14-12-21)30-28-20(3)27(25-9-8-10-26(25)31-28)29-22-15-17-24(18-16-22)34(4,5)33;1-3-32(31,4-2)17-9-7-16(8-10-17)29-21-13-20(28-15-5-6-15)22-18(23(25,26)27)11-14(24)12-19(22)30-21;1-29(2,28)19-12-10-17(11-13-19)16-25-22-15-21(26-18-7-4-3-5-8-18)23-20(27-22)9-6-14-24-23;1-16-21(25-12-14-27-15-13-25)19-6-4-5-7-20(19)24-22(16)23-17-8-10-18(11-9-17)28(2,3)26;1-26(2,25)17-9-7-15(8-10-17)12-22-21-11-19(23-16-5-3-4-6-16)18-13-27-14-20(18)24-21/h11-18H,6-10,19H2,1-5H3,(H2,29,30,31);7-13,15H,3-6H2,1-2H3,(H2,28,29,30);3-15H,16H2,1-2H3,(H2,25,26,27);4-11H,12-15H2,1-3H3,(H,23,24);7-11,13-14,16,23H,3-6,12H2,1-2H3,(H,22,24). The van der Waals surface area contributed by atoms with Crippen LogP contribution in [0.2, 0.25) is 0 Å². The summed E-state index contributed by atoms with van der Waals surface area (Å²) >= 11 is 1.70. The number of aryl methyl sites for hydroxylation is 1. The zero-order valence-corrected chi connectivity index (χ0v) is 93.1. The van der Waals surface area contributed by atoms with Crippen molar-refractivity contribution < 1.29 is 45.1 Å². The van der Waals surface area contributed by atoms with Gasteiger partial charge in [-0.3, -0.25) is 9.88 Å². The van der Waals surface area contributed by atoms with Crippen molar-refractivity contribution in [1.82, 2.24) is 34.8 Å². The van der Waals surface area contributed by atoms with Gasteiger partial charge in [-0.05, 0) is 269 Å². The molecule has 7 aromatic heterocycles. The summed E-state index contributed by atoms with van der Waals surface area (Å²) in [6.07, 6.45) is 8.27. The van der Waals surface area contributed by atoms with Crippen LogP contribution in [0.1, 0.15) is 117 Å². The number of anilines is 15. The lowest BCUT2D eigenvalue weighted by Gasteiger charge is -2.31. The van der Waals surface area contributed by atoms with Crippen molar-refractivity contribution in [2.75, 3.05) is 158 Å². The van der Waals surface area contributed by atoms with Crippen molar-refractivity contribution in [3.05, 3.63) is 310 Å². The lowest BCUT2D eigenvalue weighted by Crippen LogP contribution is -2.36. The Bertz CT molecular complexity index is 7640. The van der Waals surface area contributed by atoms with E-state index in [2.05, 4.69) is 155 Å². The van der Waals surface area contributed by atoms with Crippen LogP contribution in [0.3, 0.4) is 0 Å². The molecule has 4 aliphatic rings. The molecule has 150 heavy (non-hydrogen) atoms. The highest BCUT2D eigenvalue weighted by molar-refractivity contribution is 7.72. The summed E-state index contributed by atoms with van der Waals surface area (Å²) in [5, 5.41) is 41.8. The Morgan fingerprint density at radius 3 is 1.48 bits per heavy atom. The fraction of sp³-hybridized carbons (Fsp3) is 0.316. The lowest BCUT2D eigenvalue weighted by molar-refractivity contribution is -0.136. The summed E-state index contributed by atoms with van der Waals surface area (Å²) in [7, 11) is -11.3. The fourth-order valence-electron chi connectivity index (χ4n) is 18.7. The van der Waals surface area contributed by atoms with Gasteiger partial charge in [-0.25, -0.2) is 29.3 Å². The maximum absolute atomic E-state index is 14.0. The SMILES string of the molecule is CCN(CC)Cc1ccc(Nc2nc3c(c(Nc4ccc(P(C)(C)=O)cc4)c2C)CCC3)cc1.CCP(=O)(CC)c1ccc(Nc2cc(NC3CC3)c3c(C(F)(F)F)cc(F)cc3n2)cc1.CP(C)(=O)c1ccc(CNc2cc(NC3CCCC3)c3cscc3n2)cc1.CP(C)(=O)c1ccc(CNc2cc(Nc3ccccc3)c3ncccc3n2)cc1.Cc1c(Nc2ccc(P(C)(C)=O)cc2)nc2ccccc2c1N1CCOCC1. The zero-order chi connectivity index (χ0) is 106. The third kappa shape index (κ3) is 28.8. The summed E-state index contributed by atoms with van der Waals surface area (Å²) in [6, 6.07) is 77.5. The molecule has 33 heteroatoms. The number of pyridine rings is 6. The average molecular weight is 2140 g/mol. The summed E-state index contributed by atoms with van der Waals surface area (Å²) in [5.41, 5.74) is 20.2. The van der Waals surface area contributed by atoms with E-state index in [4.69, 9.17) is 24.7 Å². The third-order valence-corrected chi connectivity index (χ3v) is 37.7. The second kappa shape index (κ2) is 48.8. The number of rotatable bonds is 32. The number of thiophene rings is 1. The molecule has 3 fully saturated rings. The highest BCUT2D eigenvalue weighted by atomic mass is 32.1. The predicted octanol–water partition coefficient (Wildman–Crippen LogP) is 28.3. The minimum absolute atomic E-state index is 0.0800. The Morgan fingerprint density at radius 2 is 0.920 bits per heavy atom. The van der Waals surface area contributed by atoms with E-state index in [1.54, 1.807) is 81.8 Å². The van der Waals surface area contributed by atoms with Gasteiger partial charge in [-0.15, -0.1) is 11.3 Å². The van der Waals surface area contributed by atoms with E-state index in [1.165, 1.54) is 70.7 Å². The van der Waals surface area contributed by atoms with Crippen LogP contribution in [-0.4, -0.2) is 152 Å². The highest BCUT2D eigenvalue weighted by Crippen LogP contribution is 2.48. The van der Waals surface area contributed by atoms with E-state index in [-0.39, 0.29) is 22.6 Å². The first-order valence-corrected chi connectivity index (χ1v) is 64.8. The molecule has 784 valence electrons. The second-order valence-electron chi connectivity index (χ2n) is 40.1. The van der Waals surface area contributed by atoms with E-state index in [0.717, 1.165) is 212 Å². The summed E-state index contributed by atoms with van der Waals surface area (Å²) in [4.78, 5) is 32.9. The summed E-state index contributed by atoms with van der Waals surface area (Å²) in [6.45, 7) is 34.5. The normalized spacial score (nSPS) is 13.9. The molecule has 0 unspecified atom stereocenters. The van der Waals surface area contributed by atoms with Crippen LogP contribution in [0.25, 0.3) is 43.7 Å². The third-order valence-electron chi connectivity index (χ3n) is 27.5. The molecule has 0 bridgehead atoms. The molecule has 1 saturated heterocycles. The Hall–Kier alpha value is -12.6. The van der Waals surface area contributed by atoms with Crippen molar-refractivity contribution in [2.45, 2.75) is 137 Å². The van der Waals surface area contributed by atoms with Crippen LogP contribution in [0.15, 0.2) is 260 Å². The minimum atomic E-state index is -4.71. The van der Waals surface area contributed by atoms with Gasteiger partial charge in [-0.2, -0.15) is 13.2 Å². The van der Waals surface area contributed by atoms with E-state index in [9.17, 15) is 40.4 Å². The van der Waals surface area contributed by atoms with E-state index >= 15 is 0 Å². The number of aromatic nitrogens is 6. The maximum Gasteiger partial charge on any atom is 0.417 e. The Kier molecular flexibility index (Phi) is 35.8. The molecule has 1 aliphatic heterocycles. The number of alkyl halides is 3. The van der Waals surface area contributed by atoms with Crippen LogP contribution in [-0.2, 0) is 66.2 Å². The molecule has 9 N–H and O–H groups in total. The molecule has 3 aliphatic carbocycles. The summed E-state index contributed by atoms with van der Waals surface area (Å²) in [5.74, 6) is 2.71. The maximum atomic E-state index is 14.0. The van der Waals surface area contributed by atoms with Crippen LogP contribution >= 0.6 is 47.0 Å². The average Bonchev–Trinajstić information content (AvgIpc) is 1.57. The Balaban J connectivity index is 0.000000134. The number of para-hydroxylation sites is 2. The quantitative estimate of drug-likeness (QED) is 0.0140. The molecule has 0 spiro atoms. The molecule has 16 aromatic rings. The number of hydrogen-bond acceptors (Lipinski definition) is 24. The molecule has 20 rings (SSSR count). The minimum Gasteiger partial charge on any atom is -0.382 e. The lowest BCUT2D eigenvalue weighted by atomic mass is 10.1. The number of morpholine rings is 1. The van der Waals surface area contributed by atoms with Gasteiger partial charge in [-0.1, -0.05) is 138 Å². The Labute approximate surface area is 882 Å². The van der Waals surface area contributed by atoms with Crippen LogP contribution in [0, 0.1) is 19.7 Å². The van der Waals surface area contributed by atoms with Crippen molar-refractivity contribution in [3.63, 3.8) is 0 Å². The molecule has 23 nitrogen and oxygen atoms in total. The number of halogens is 4.